The third-order valence-corrected chi connectivity index (χ3v) is 2.71. The van der Waals surface area contributed by atoms with Crippen LogP contribution in [0.5, 0.6) is 0 Å². The number of aliphatic hydroxyl groups excluding tert-OH is 1. The first-order valence-electron chi connectivity index (χ1n) is 5.81. The fourth-order valence-corrected chi connectivity index (χ4v) is 1.99. The van der Waals surface area contributed by atoms with Crippen LogP contribution in [0, 0.1) is 0 Å². The lowest BCUT2D eigenvalue weighted by Gasteiger charge is -2.24. The Labute approximate surface area is 91.4 Å². The molecule has 0 spiro atoms. The summed E-state index contributed by atoms with van der Waals surface area (Å²) in [6, 6.07) is 0.0106. The third kappa shape index (κ3) is 4.62. The average Bonchev–Trinajstić information content (AvgIpc) is 2.17. The van der Waals surface area contributed by atoms with Crippen molar-refractivity contribution in [2.45, 2.75) is 57.7 Å². The zero-order valence-corrected chi connectivity index (χ0v) is 9.62. The van der Waals surface area contributed by atoms with Gasteiger partial charge in [-0.25, -0.2) is 0 Å². The Morgan fingerprint density at radius 1 is 1.53 bits per heavy atom. The van der Waals surface area contributed by atoms with Crippen molar-refractivity contribution in [1.82, 2.24) is 10.6 Å². The van der Waals surface area contributed by atoms with Gasteiger partial charge in [0.15, 0.2) is 0 Å². The molecule has 1 saturated heterocycles. The van der Waals surface area contributed by atoms with Crippen LogP contribution in [-0.4, -0.2) is 35.7 Å². The number of hydrogen-bond acceptors (Lipinski definition) is 3. The highest BCUT2D eigenvalue weighted by Gasteiger charge is 2.21. The number of aliphatic hydroxyl groups is 1. The second kappa shape index (κ2) is 6.08. The lowest BCUT2D eigenvalue weighted by molar-refractivity contribution is -0.124. The zero-order chi connectivity index (χ0) is 11.3. The second-order valence-electron chi connectivity index (χ2n) is 4.50. The van der Waals surface area contributed by atoms with Crippen LogP contribution in [0.25, 0.3) is 0 Å². The topological polar surface area (TPSA) is 61.4 Å². The number of nitrogens with one attached hydrogen (secondary N) is 2. The van der Waals surface area contributed by atoms with E-state index in [4.69, 9.17) is 0 Å². The summed E-state index contributed by atoms with van der Waals surface area (Å²) in [7, 11) is 0. The third-order valence-electron chi connectivity index (χ3n) is 2.71. The summed E-state index contributed by atoms with van der Waals surface area (Å²) in [5, 5.41) is 15.3. The molecule has 4 nitrogen and oxygen atoms in total. The maximum absolute atomic E-state index is 11.7. The minimum atomic E-state index is -0.361. The monoisotopic (exact) mass is 214 g/mol. The smallest absolute Gasteiger partial charge is 0.237 e. The van der Waals surface area contributed by atoms with Crippen LogP contribution in [-0.2, 0) is 4.79 Å². The van der Waals surface area contributed by atoms with Crippen molar-refractivity contribution in [2.75, 3.05) is 6.54 Å². The Morgan fingerprint density at radius 2 is 2.27 bits per heavy atom. The number of hydrogen-bond donors (Lipinski definition) is 3. The maximum atomic E-state index is 11.7. The molecule has 4 heteroatoms. The summed E-state index contributed by atoms with van der Waals surface area (Å²) in [4.78, 5) is 11.7. The van der Waals surface area contributed by atoms with Gasteiger partial charge in [-0.1, -0.05) is 6.42 Å². The molecule has 1 amide bonds. The molecule has 0 aromatic rings. The van der Waals surface area contributed by atoms with Crippen LogP contribution in [0.4, 0.5) is 0 Å². The Balaban J connectivity index is 2.27. The molecular weight excluding hydrogens is 192 g/mol. The minimum Gasteiger partial charge on any atom is -0.393 e. The van der Waals surface area contributed by atoms with Crippen molar-refractivity contribution < 1.29 is 9.90 Å². The molecule has 0 aromatic heterocycles. The van der Waals surface area contributed by atoms with Gasteiger partial charge in [0.2, 0.25) is 5.91 Å². The normalized spacial score (nSPS) is 25.7. The van der Waals surface area contributed by atoms with E-state index in [0.29, 0.717) is 6.42 Å². The molecule has 1 aliphatic rings. The molecule has 3 atom stereocenters. The number of amides is 1. The van der Waals surface area contributed by atoms with E-state index >= 15 is 0 Å². The largest absolute Gasteiger partial charge is 0.393 e. The van der Waals surface area contributed by atoms with Crippen LogP contribution < -0.4 is 10.6 Å². The van der Waals surface area contributed by atoms with E-state index in [1.165, 1.54) is 0 Å². The molecule has 0 aliphatic carbocycles. The van der Waals surface area contributed by atoms with Crippen molar-refractivity contribution in [3.05, 3.63) is 0 Å². The summed E-state index contributed by atoms with van der Waals surface area (Å²) >= 11 is 0. The van der Waals surface area contributed by atoms with Gasteiger partial charge in [0.25, 0.3) is 0 Å². The summed E-state index contributed by atoms with van der Waals surface area (Å²) in [6.45, 7) is 4.60. The summed E-state index contributed by atoms with van der Waals surface area (Å²) < 4.78 is 0. The molecule has 0 aromatic carbocycles. The molecule has 1 heterocycles. The lowest BCUT2D eigenvalue weighted by Crippen LogP contribution is -2.49. The van der Waals surface area contributed by atoms with E-state index in [2.05, 4.69) is 10.6 Å². The van der Waals surface area contributed by atoms with Gasteiger partial charge < -0.3 is 15.7 Å². The Hall–Kier alpha value is -0.610. The lowest BCUT2D eigenvalue weighted by atomic mass is 10.0. The molecule has 0 saturated carbocycles. The van der Waals surface area contributed by atoms with Crippen LogP contribution >= 0.6 is 0 Å². The van der Waals surface area contributed by atoms with Crippen LogP contribution in [0.3, 0.4) is 0 Å². The van der Waals surface area contributed by atoms with Crippen molar-refractivity contribution in [3.8, 4) is 0 Å². The number of carbonyl (C=O) groups excluding carboxylic acids is 1. The van der Waals surface area contributed by atoms with Crippen LogP contribution in [0.15, 0.2) is 0 Å². The molecule has 0 bridgehead atoms. The zero-order valence-electron chi connectivity index (χ0n) is 9.62. The number of piperidine rings is 1. The van der Waals surface area contributed by atoms with Crippen molar-refractivity contribution in [1.29, 1.82) is 0 Å². The highest BCUT2D eigenvalue weighted by atomic mass is 16.3. The van der Waals surface area contributed by atoms with Crippen molar-refractivity contribution in [3.63, 3.8) is 0 Å². The summed E-state index contributed by atoms with van der Waals surface area (Å²) in [5.74, 6) is 0.0721. The number of rotatable bonds is 4. The highest BCUT2D eigenvalue weighted by Crippen LogP contribution is 2.07. The predicted octanol–water partition coefficient (Wildman–Crippen LogP) is 0.404. The summed E-state index contributed by atoms with van der Waals surface area (Å²) in [6.07, 6.45) is 3.45. The van der Waals surface area contributed by atoms with Crippen molar-refractivity contribution in [2.24, 2.45) is 0 Å². The number of carbonyl (C=O) groups is 1. The van der Waals surface area contributed by atoms with Gasteiger partial charge in [-0.3, -0.25) is 4.79 Å². The highest BCUT2D eigenvalue weighted by molar-refractivity contribution is 5.82. The quantitative estimate of drug-likeness (QED) is 0.635. The van der Waals surface area contributed by atoms with E-state index in [0.717, 1.165) is 25.8 Å². The predicted molar refractivity (Wildman–Crippen MR) is 59.5 cm³/mol. The average molecular weight is 214 g/mol. The fraction of sp³-hybridized carbons (Fsp3) is 0.909. The standard InChI is InChI=1S/C11H22N2O2/c1-8(7-9(2)14)13-11(15)10-5-3-4-6-12-10/h8-10,12,14H,3-7H2,1-2H3,(H,13,15)/t8?,9?,10-/m1/s1. The van der Waals surface area contributed by atoms with Crippen molar-refractivity contribution >= 4 is 5.91 Å². The Bertz CT molecular complexity index is 201. The fourth-order valence-electron chi connectivity index (χ4n) is 1.99. The van der Waals surface area contributed by atoms with Gasteiger partial charge in [0.1, 0.15) is 0 Å². The molecule has 1 fully saturated rings. The van der Waals surface area contributed by atoms with Gasteiger partial charge in [0, 0.05) is 6.04 Å². The van der Waals surface area contributed by atoms with Crippen LogP contribution in [0.2, 0.25) is 0 Å². The molecule has 2 unspecified atom stereocenters. The van der Waals surface area contributed by atoms with E-state index in [9.17, 15) is 9.90 Å². The molecule has 1 aliphatic heterocycles. The molecular formula is C11H22N2O2. The van der Waals surface area contributed by atoms with Gasteiger partial charge in [-0.15, -0.1) is 0 Å². The molecule has 3 N–H and O–H groups in total. The van der Waals surface area contributed by atoms with Gasteiger partial charge in [0.05, 0.1) is 12.1 Å². The first kappa shape index (κ1) is 12.5. The van der Waals surface area contributed by atoms with Gasteiger partial charge in [-0.2, -0.15) is 0 Å². The molecule has 88 valence electrons. The minimum absolute atomic E-state index is 0.0322. The Kier molecular flexibility index (Phi) is 5.05. The first-order valence-corrected chi connectivity index (χ1v) is 5.81. The molecule has 15 heavy (non-hydrogen) atoms. The van der Waals surface area contributed by atoms with Crippen LogP contribution in [0.1, 0.15) is 39.5 Å². The van der Waals surface area contributed by atoms with Gasteiger partial charge >= 0.3 is 0 Å². The SMILES string of the molecule is CC(O)CC(C)NC(=O)[C@H]1CCCCN1. The summed E-state index contributed by atoms with van der Waals surface area (Å²) in [5.41, 5.74) is 0. The maximum Gasteiger partial charge on any atom is 0.237 e. The van der Waals surface area contributed by atoms with Gasteiger partial charge in [-0.05, 0) is 39.7 Å². The molecule has 1 rings (SSSR count). The second-order valence-corrected chi connectivity index (χ2v) is 4.50. The van der Waals surface area contributed by atoms with E-state index in [-0.39, 0.29) is 24.1 Å². The van der Waals surface area contributed by atoms with E-state index < -0.39 is 0 Å². The Morgan fingerprint density at radius 3 is 2.80 bits per heavy atom. The molecule has 0 radical (unpaired) electrons. The first-order chi connectivity index (χ1) is 7.09. The van der Waals surface area contributed by atoms with E-state index in [1.54, 1.807) is 6.92 Å². The van der Waals surface area contributed by atoms with E-state index in [1.807, 2.05) is 6.92 Å².